The van der Waals surface area contributed by atoms with Gasteiger partial charge in [0.2, 0.25) is 0 Å². The Morgan fingerprint density at radius 3 is 2.62 bits per heavy atom. The summed E-state index contributed by atoms with van der Waals surface area (Å²) in [6.45, 7) is 2.24. The van der Waals surface area contributed by atoms with Gasteiger partial charge < -0.3 is 0 Å². The second kappa shape index (κ2) is 3.94. The minimum Gasteiger partial charge on any atom is -0.145 e. The molecule has 1 aromatic carbocycles. The van der Waals surface area contributed by atoms with Crippen LogP contribution in [0.4, 0.5) is 0 Å². The van der Waals surface area contributed by atoms with Crippen LogP contribution in [0.2, 0.25) is 0 Å². The molecule has 0 radical (unpaired) electrons. The standard InChI is InChI=1S/C14H14S2/c1-9-14(10-5-7-11(15)8-6-10)12-3-2-4-13(12)16-9/h5-8,15H,2-4H2,1H3. The van der Waals surface area contributed by atoms with Crippen LogP contribution in [0.25, 0.3) is 11.1 Å². The number of fused-ring (bicyclic) bond motifs is 1. The summed E-state index contributed by atoms with van der Waals surface area (Å²) in [5, 5.41) is 0. The Labute approximate surface area is 106 Å². The molecule has 0 saturated carbocycles. The Morgan fingerprint density at radius 1 is 1.12 bits per heavy atom. The molecule has 0 N–H and O–H groups in total. The molecule has 0 atom stereocenters. The second-order valence-corrected chi connectivity index (χ2v) is 6.16. The highest BCUT2D eigenvalue weighted by Crippen LogP contribution is 2.41. The lowest BCUT2D eigenvalue weighted by Crippen LogP contribution is -1.83. The first-order valence-corrected chi connectivity index (χ1v) is 6.92. The zero-order valence-electron chi connectivity index (χ0n) is 9.29. The summed E-state index contributed by atoms with van der Waals surface area (Å²) in [5.41, 5.74) is 4.45. The molecule has 0 aliphatic heterocycles. The maximum atomic E-state index is 4.34. The van der Waals surface area contributed by atoms with E-state index in [0.29, 0.717) is 0 Å². The fourth-order valence-corrected chi connectivity index (χ4v) is 3.98. The summed E-state index contributed by atoms with van der Waals surface area (Å²) < 4.78 is 0. The molecule has 82 valence electrons. The minimum atomic E-state index is 1.04. The van der Waals surface area contributed by atoms with Gasteiger partial charge in [-0.1, -0.05) is 12.1 Å². The van der Waals surface area contributed by atoms with Gasteiger partial charge >= 0.3 is 0 Å². The van der Waals surface area contributed by atoms with Gasteiger partial charge in [-0.15, -0.1) is 24.0 Å². The van der Waals surface area contributed by atoms with Gasteiger partial charge in [-0.05, 0) is 55.0 Å². The van der Waals surface area contributed by atoms with E-state index in [-0.39, 0.29) is 0 Å². The van der Waals surface area contributed by atoms with Crippen molar-refractivity contribution in [3.05, 3.63) is 39.6 Å². The first kappa shape index (κ1) is 10.4. The Kier molecular flexibility index (Phi) is 2.56. The zero-order chi connectivity index (χ0) is 11.1. The van der Waals surface area contributed by atoms with Crippen LogP contribution >= 0.6 is 24.0 Å². The van der Waals surface area contributed by atoms with E-state index in [0.717, 1.165) is 4.90 Å². The normalized spacial score (nSPS) is 14.1. The first-order chi connectivity index (χ1) is 7.75. The van der Waals surface area contributed by atoms with E-state index in [1.807, 2.05) is 11.3 Å². The molecular formula is C14H14S2. The molecule has 3 rings (SSSR count). The number of thiophene rings is 1. The van der Waals surface area contributed by atoms with Crippen molar-refractivity contribution in [2.75, 3.05) is 0 Å². The smallest absolute Gasteiger partial charge is 0.00984 e. The summed E-state index contributed by atoms with van der Waals surface area (Å²) in [5.74, 6) is 0. The van der Waals surface area contributed by atoms with E-state index in [1.54, 1.807) is 10.4 Å². The van der Waals surface area contributed by atoms with Crippen LogP contribution in [0.5, 0.6) is 0 Å². The van der Waals surface area contributed by atoms with Gasteiger partial charge in [-0.3, -0.25) is 0 Å². The molecule has 2 heteroatoms. The van der Waals surface area contributed by atoms with Crippen LogP contribution in [-0.2, 0) is 12.8 Å². The van der Waals surface area contributed by atoms with Gasteiger partial charge in [0, 0.05) is 14.6 Å². The molecule has 1 aliphatic rings. The largest absolute Gasteiger partial charge is 0.145 e. The van der Waals surface area contributed by atoms with Crippen LogP contribution in [0.1, 0.15) is 21.7 Å². The van der Waals surface area contributed by atoms with Gasteiger partial charge in [0.15, 0.2) is 0 Å². The van der Waals surface area contributed by atoms with Crippen LogP contribution in [0, 0.1) is 6.92 Å². The Bertz CT molecular complexity index is 520. The predicted molar refractivity (Wildman–Crippen MR) is 73.8 cm³/mol. The third-order valence-corrected chi connectivity index (χ3v) is 4.76. The van der Waals surface area contributed by atoms with Crippen molar-refractivity contribution in [3.63, 3.8) is 0 Å². The maximum absolute atomic E-state index is 4.34. The third kappa shape index (κ3) is 1.61. The molecular weight excluding hydrogens is 232 g/mol. The predicted octanol–water partition coefficient (Wildman–Crippen LogP) is 4.50. The summed E-state index contributed by atoms with van der Waals surface area (Å²) in [6.07, 6.45) is 3.88. The van der Waals surface area contributed by atoms with E-state index in [2.05, 4.69) is 43.8 Å². The third-order valence-electron chi connectivity index (χ3n) is 3.25. The summed E-state index contributed by atoms with van der Waals surface area (Å²) in [6, 6.07) is 8.54. The number of aryl methyl sites for hydroxylation is 2. The molecule has 0 saturated heterocycles. The summed E-state index contributed by atoms with van der Waals surface area (Å²) in [4.78, 5) is 4.12. The molecule has 0 bridgehead atoms. The van der Waals surface area contributed by atoms with Crippen molar-refractivity contribution in [2.45, 2.75) is 31.1 Å². The van der Waals surface area contributed by atoms with Gasteiger partial charge in [-0.2, -0.15) is 0 Å². The number of rotatable bonds is 1. The first-order valence-electron chi connectivity index (χ1n) is 5.66. The number of hydrogen-bond donors (Lipinski definition) is 1. The number of hydrogen-bond acceptors (Lipinski definition) is 2. The van der Waals surface area contributed by atoms with Gasteiger partial charge in [0.1, 0.15) is 0 Å². The lowest BCUT2D eigenvalue weighted by molar-refractivity contribution is 0.915. The van der Waals surface area contributed by atoms with Gasteiger partial charge in [0.05, 0.1) is 0 Å². The van der Waals surface area contributed by atoms with Crippen molar-refractivity contribution in [1.29, 1.82) is 0 Å². The molecule has 16 heavy (non-hydrogen) atoms. The van der Waals surface area contributed by atoms with E-state index in [9.17, 15) is 0 Å². The van der Waals surface area contributed by atoms with Crippen LogP contribution in [0.3, 0.4) is 0 Å². The quantitative estimate of drug-likeness (QED) is 0.704. The lowest BCUT2D eigenvalue weighted by Gasteiger charge is -2.04. The second-order valence-electron chi connectivity index (χ2n) is 4.34. The Hall–Kier alpha value is -0.730. The monoisotopic (exact) mass is 246 g/mol. The summed E-state index contributed by atoms with van der Waals surface area (Å²) >= 11 is 6.32. The molecule has 0 nitrogen and oxygen atoms in total. The van der Waals surface area contributed by atoms with Crippen molar-refractivity contribution < 1.29 is 0 Å². The van der Waals surface area contributed by atoms with Crippen LogP contribution < -0.4 is 0 Å². The Morgan fingerprint density at radius 2 is 1.88 bits per heavy atom. The molecule has 0 spiro atoms. The Balaban J connectivity index is 2.16. The highest BCUT2D eigenvalue weighted by Gasteiger charge is 2.20. The average molecular weight is 246 g/mol. The maximum Gasteiger partial charge on any atom is 0.00984 e. The zero-order valence-corrected chi connectivity index (χ0v) is 11.0. The molecule has 0 fully saturated rings. The van der Waals surface area contributed by atoms with E-state index < -0.39 is 0 Å². The molecule has 0 amide bonds. The van der Waals surface area contributed by atoms with E-state index >= 15 is 0 Å². The minimum absolute atomic E-state index is 1.04. The van der Waals surface area contributed by atoms with Crippen molar-refractivity contribution >= 4 is 24.0 Å². The number of thiol groups is 1. The summed E-state index contributed by atoms with van der Waals surface area (Å²) in [7, 11) is 0. The molecule has 1 heterocycles. The van der Waals surface area contributed by atoms with Crippen molar-refractivity contribution in [1.82, 2.24) is 0 Å². The van der Waals surface area contributed by atoms with Gasteiger partial charge in [0.25, 0.3) is 0 Å². The molecule has 0 unspecified atom stereocenters. The molecule has 2 aromatic rings. The van der Waals surface area contributed by atoms with Gasteiger partial charge in [-0.25, -0.2) is 0 Å². The van der Waals surface area contributed by atoms with E-state index in [4.69, 9.17) is 0 Å². The topological polar surface area (TPSA) is 0 Å². The van der Waals surface area contributed by atoms with E-state index in [1.165, 1.54) is 35.3 Å². The average Bonchev–Trinajstić information content (AvgIpc) is 2.79. The fraction of sp³-hybridized carbons (Fsp3) is 0.286. The van der Waals surface area contributed by atoms with Crippen molar-refractivity contribution in [2.24, 2.45) is 0 Å². The highest BCUT2D eigenvalue weighted by atomic mass is 32.1. The SMILES string of the molecule is Cc1sc2c(c1-c1ccc(S)cc1)CCC2. The lowest BCUT2D eigenvalue weighted by atomic mass is 10.0. The van der Waals surface area contributed by atoms with Crippen LogP contribution in [-0.4, -0.2) is 0 Å². The van der Waals surface area contributed by atoms with Crippen LogP contribution in [0.15, 0.2) is 29.2 Å². The number of benzene rings is 1. The molecule has 1 aliphatic carbocycles. The fourth-order valence-electron chi connectivity index (χ4n) is 2.55. The molecule has 1 aromatic heterocycles. The highest BCUT2D eigenvalue weighted by molar-refractivity contribution is 7.80. The van der Waals surface area contributed by atoms with Crippen molar-refractivity contribution in [3.8, 4) is 11.1 Å².